The van der Waals surface area contributed by atoms with E-state index in [1.165, 1.54) is 22.9 Å². The van der Waals surface area contributed by atoms with Crippen molar-refractivity contribution in [3.05, 3.63) is 77.0 Å². The Labute approximate surface area is 169 Å². The van der Waals surface area contributed by atoms with Gasteiger partial charge in [-0.15, -0.1) is 0 Å². The zero-order valence-corrected chi connectivity index (χ0v) is 16.3. The highest BCUT2D eigenvalue weighted by Crippen LogP contribution is 2.31. The molecule has 3 aromatic rings. The quantitative estimate of drug-likeness (QED) is 0.548. The molecule has 1 N–H and O–H groups in total. The Bertz CT molecular complexity index is 1100. The minimum absolute atomic E-state index is 0.120. The van der Waals surface area contributed by atoms with Gasteiger partial charge in [-0.1, -0.05) is 26.8 Å². The molecule has 0 aliphatic carbocycles. The van der Waals surface area contributed by atoms with E-state index in [0.29, 0.717) is 17.4 Å². The summed E-state index contributed by atoms with van der Waals surface area (Å²) < 4.78 is 67.3. The van der Waals surface area contributed by atoms with Gasteiger partial charge in [0.15, 0.2) is 0 Å². The van der Waals surface area contributed by atoms with E-state index in [4.69, 9.17) is 0 Å². The Balaban J connectivity index is 2.00. The molecule has 0 saturated heterocycles. The van der Waals surface area contributed by atoms with E-state index in [2.05, 4.69) is 10.4 Å². The van der Waals surface area contributed by atoms with Crippen molar-refractivity contribution in [3.63, 3.8) is 0 Å². The normalized spacial score (nSPS) is 12.1. The largest absolute Gasteiger partial charge is 0.416 e. The number of benzene rings is 2. The molecule has 0 aliphatic rings. The Morgan fingerprint density at radius 3 is 2.27 bits per heavy atom. The number of carbonyl (C=O) groups is 1. The molecule has 1 aromatic heterocycles. The van der Waals surface area contributed by atoms with Crippen molar-refractivity contribution < 1.29 is 26.7 Å². The van der Waals surface area contributed by atoms with E-state index in [-0.39, 0.29) is 11.9 Å². The van der Waals surface area contributed by atoms with Crippen molar-refractivity contribution >= 4 is 11.7 Å². The minimum atomic E-state index is -4.73. The Morgan fingerprint density at radius 2 is 1.70 bits per heavy atom. The number of amides is 1. The lowest BCUT2D eigenvalue weighted by molar-refractivity contribution is -0.137. The van der Waals surface area contributed by atoms with E-state index in [1.807, 2.05) is 20.8 Å². The number of hydrogen-bond acceptors (Lipinski definition) is 2. The van der Waals surface area contributed by atoms with Crippen molar-refractivity contribution in [3.8, 4) is 5.69 Å². The van der Waals surface area contributed by atoms with Gasteiger partial charge in [0, 0.05) is 11.5 Å². The zero-order valence-electron chi connectivity index (χ0n) is 16.3. The number of alkyl halides is 3. The molecule has 9 heteroatoms. The van der Waals surface area contributed by atoms with Crippen LogP contribution in [0.1, 0.15) is 42.4 Å². The first kappa shape index (κ1) is 21.5. The predicted molar refractivity (Wildman–Crippen MR) is 102 cm³/mol. The summed E-state index contributed by atoms with van der Waals surface area (Å²) in [5.74, 6) is -2.67. The maximum Gasteiger partial charge on any atom is 0.416 e. The van der Waals surface area contributed by atoms with E-state index >= 15 is 0 Å². The van der Waals surface area contributed by atoms with E-state index in [1.54, 1.807) is 12.1 Å². The van der Waals surface area contributed by atoms with E-state index in [9.17, 15) is 26.7 Å². The lowest BCUT2D eigenvalue weighted by Crippen LogP contribution is -2.17. The smallest absolute Gasteiger partial charge is 0.306 e. The van der Waals surface area contributed by atoms with Gasteiger partial charge >= 0.3 is 6.18 Å². The van der Waals surface area contributed by atoms with Crippen LogP contribution in [0.2, 0.25) is 0 Å². The van der Waals surface area contributed by atoms with Crippen LogP contribution in [-0.2, 0) is 11.6 Å². The van der Waals surface area contributed by atoms with Gasteiger partial charge in [-0.2, -0.15) is 18.3 Å². The molecule has 0 unspecified atom stereocenters. The number of carbonyl (C=O) groups excluding carboxylic acids is 1. The van der Waals surface area contributed by atoms with Gasteiger partial charge in [-0.3, -0.25) is 4.79 Å². The second kappa shape index (κ2) is 7.55. The third kappa shape index (κ3) is 4.50. The van der Waals surface area contributed by atoms with Crippen LogP contribution < -0.4 is 5.32 Å². The molecule has 0 aliphatic heterocycles. The summed E-state index contributed by atoms with van der Waals surface area (Å²) in [5.41, 5.74) is -1.30. The molecular weight excluding hydrogens is 405 g/mol. The SMILES string of the molecule is CC(C)(C)c1cc(NC(=O)c2ccc(C(F)(F)F)cc2F)n(-c2cccc(F)c2)n1. The molecule has 0 fully saturated rings. The summed E-state index contributed by atoms with van der Waals surface area (Å²) in [6.45, 7) is 5.64. The second-order valence-corrected chi connectivity index (χ2v) is 7.70. The summed E-state index contributed by atoms with van der Waals surface area (Å²) >= 11 is 0. The molecule has 0 radical (unpaired) electrons. The maximum atomic E-state index is 14.2. The van der Waals surface area contributed by atoms with E-state index < -0.39 is 40.3 Å². The van der Waals surface area contributed by atoms with Crippen molar-refractivity contribution in [1.29, 1.82) is 0 Å². The molecule has 158 valence electrons. The zero-order chi connectivity index (χ0) is 22.3. The highest BCUT2D eigenvalue weighted by molar-refractivity contribution is 6.04. The van der Waals surface area contributed by atoms with Gasteiger partial charge in [0.2, 0.25) is 0 Å². The van der Waals surface area contributed by atoms with Gasteiger partial charge in [0.05, 0.1) is 22.5 Å². The molecule has 30 heavy (non-hydrogen) atoms. The van der Waals surface area contributed by atoms with Crippen LogP contribution in [0.4, 0.5) is 27.8 Å². The summed E-state index contributed by atoms with van der Waals surface area (Å²) in [7, 11) is 0. The topological polar surface area (TPSA) is 46.9 Å². The monoisotopic (exact) mass is 423 g/mol. The summed E-state index contributed by atoms with van der Waals surface area (Å²) in [4.78, 5) is 12.6. The Kier molecular flexibility index (Phi) is 5.40. The first-order chi connectivity index (χ1) is 13.9. The lowest BCUT2D eigenvalue weighted by atomic mass is 9.92. The Hall–Kier alpha value is -3.23. The summed E-state index contributed by atoms with van der Waals surface area (Å²) in [6.07, 6.45) is -4.73. The number of aromatic nitrogens is 2. The van der Waals surface area contributed by atoms with Crippen molar-refractivity contribution in [1.82, 2.24) is 9.78 Å². The number of nitrogens with zero attached hydrogens (tertiary/aromatic N) is 2. The van der Waals surface area contributed by atoms with Gasteiger partial charge in [-0.05, 0) is 36.4 Å². The number of halogens is 5. The molecule has 0 bridgehead atoms. The van der Waals surface area contributed by atoms with Crippen molar-refractivity contribution in [2.45, 2.75) is 32.4 Å². The molecular formula is C21H18F5N3O. The van der Waals surface area contributed by atoms with Crippen LogP contribution in [0, 0.1) is 11.6 Å². The average molecular weight is 423 g/mol. The maximum absolute atomic E-state index is 14.2. The molecule has 2 aromatic carbocycles. The van der Waals surface area contributed by atoms with Crippen LogP contribution >= 0.6 is 0 Å². The molecule has 4 nitrogen and oxygen atoms in total. The molecule has 3 rings (SSSR count). The van der Waals surface area contributed by atoms with Crippen LogP contribution in [0.25, 0.3) is 5.69 Å². The lowest BCUT2D eigenvalue weighted by Gasteiger charge is -2.14. The first-order valence-electron chi connectivity index (χ1n) is 8.91. The highest BCUT2D eigenvalue weighted by atomic mass is 19.4. The van der Waals surface area contributed by atoms with Crippen LogP contribution in [0.5, 0.6) is 0 Å². The number of hydrogen-bond donors (Lipinski definition) is 1. The molecule has 0 spiro atoms. The third-order valence-electron chi connectivity index (χ3n) is 4.31. The fraction of sp³-hybridized carbons (Fsp3) is 0.238. The van der Waals surface area contributed by atoms with Gasteiger partial charge in [-0.25, -0.2) is 13.5 Å². The van der Waals surface area contributed by atoms with Gasteiger partial charge in [0.25, 0.3) is 5.91 Å². The summed E-state index contributed by atoms with van der Waals surface area (Å²) in [6, 6.07) is 8.68. The minimum Gasteiger partial charge on any atom is -0.306 e. The number of rotatable bonds is 3. The van der Waals surface area contributed by atoms with Crippen LogP contribution in [0.3, 0.4) is 0 Å². The van der Waals surface area contributed by atoms with E-state index in [0.717, 1.165) is 6.07 Å². The van der Waals surface area contributed by atoms with Crippen LogP contribution in [0.15, 0.2) is 48.5 Å². The molecule has 1 amide bonds. The molecule has 0 saturated carbocycles. The van der Waals surface area contributed by atoms with Gasteiger partial charge in [0.1, 0.15) is 17.5 Å². The second-order valence-electron chi connectivity index (χ2n) is 7.70. The molecule has 0 atom stereocenters. The van der Waals surface area contributed by atoms with Crippen molar-refractivity contribution in [2.24, 2.45) is 0 Å². The predicted octanol–water partition coefficient (Wildman–Crippen LogP) is 5.72. The fourth-order valence-electron chi connectivity index (χ4n) is 2.70. The molecule has 1 heterocycles. The first-order valence-corrected chi connectivity index (χ1v) is 8.91. The summed E-state index contributed by atoms with van der Waals surface area (Å²) in [5, 5.41) is 6.86. The third-order valence-corrected chi connectivity index (χ3v) is 4.31. The highest BCUT2D eigenvalue weighted by Gasteiger charge is 2.32. The standard InChI is InChI=1S/C21H18F5N3O/c1-20(2,3)17-11-18(29(28-17)14-6-4-5-13(22)10-14)27-19(30)15-8-7-12(9-16(15)23)21(24,25)26/h4-11H,1-3H3,(H,27,30). The average Bonchev–Trinajstić information content (AvgIpc) is 3.05. The fourth-order valence-corrected chi connectivity index (χ4v) is 2.70. The Morgan fingerprint density at radius 1 is 1.00 bits per heavy atom. The number of nitrogens with one attached hydrogen (secondary N) is 1. The van der Waals surface area contributed by atoms with Crippen LogP contribution in [-0.4, -0.2) is 15.7 Å². The number of anilines is 1. The van der Waals surface area contributed by atoms with Gasteiger partial charge < -0.3 is 5.32 Å². The van der Waals surface area contributed by atoms with Crippen molar-refractivity contribution in [2.75, 3.05) is 5.32 Å².